The Morgan fingerprint density at radius 2 is 2.30 bits per heavy atom. The van der Waals surface area contributed by atoms with Crippen LogP contribution in [0.4, 0.5) is 0 Å². The number of carbonyl (C=O) groups excluding carboxylic acids is 1. The van der Waals surface area contributed by atoms with E-state index in [-0.39, 0.29) is 24.4 Å². The van der Waals surface area contributed by atoms with E-state index >= 15 is 0 Å². The predicted octanol–water partition coefficient (Wildman–Crippen LogP) is 3.32. The molecule has 3 heterocycles. The van der Waals surface area contributed by atoms with Crippen LogP contribution in [0.15, 0.2) is 36.7 Å². The molecule has 0 saturated carbocycles. The fraction of sp³-hybridized carbons (Fsp3) is 0.375. The molecule has 0 spiro atoms. The second kappa shape index (κ2) is 8.64. The topological polar surface area (TPSA) is 45.2 Å². The number of amides is 1. The van der Waals surface area contributed by atoms with E-state index < -0.39 is 0 Å². The number of nitrogens with one attached hydrogen (secondary N) is 1. The Balaban J connectivity index is 0.00000192. The molecule has 1 aliphatic heterocycles. The summed E-state index contributed by atoms with van der Waals surface area (Å²) in [6.07, 6.45) is 4.87. The molecule has 0 aliphatic carbocycles. The minimum absolute atomic E-state index is 0. The van der Waals surface area contributed by atoms with Crippen LogP contribution in [-0.4, -0.2) is 35.4 Å². The fourth-order valence-corrected chi connectivity index (χ4v) is 3.82. The van der Waals surface area contributed by atoms with Crippen molar-refractivity contribution in [2.75, 3.05) is 19.6 Å². The van der Waals surface area contributed by atoms with E-state index in [0.717, 1.165) is 40.8 Å². The van der Waals surface area contributed by atoms with E-state index in [2.05, 4.69) is 10.3 Å². The summed E-state index contributed by atoms with van der Waals surface area (Å²) in [5.41, 5.74) is 1.09. The van der Waals surface area contributed by atoms with Crippen LogP contribution in [0.25, 0.3) is 0 Å². The maximum absolute atomic E-state index is 12.6. The van der Waals surface area contributed by atoms with Crippen LogP contribution in [0.3, 0.4) is 0 Å². The van der Waals surface area contributed by atoms with Crippen LogP contribution < -0.4 is 5.32 Å². The predicted molar refractivity (Wildman–Crippen MR) is 96.5 cm³/mol. The molecule has 0 aromatic carbocycles. The molecule has 0 radical (unpaired) electrons. The van der Waals surface area contributed by atoms with E-state index in [1.165, 1.54) is 0 Å². The normalized spacial score (nSPS) is 17.6. The third kappa shape index (κ3) is 4.67. The maximum Gasteiger partial charge on any atom is 0.223 e. The van der Waals surface area contributed by atoms with Gasteiger partial charge in [-0.05, 0) is 30.2 Å². The molecule has 1 amide bonds. The molecule has 2 aromatic rings. The van der Waals surface area contributed by atoms with Gasteiger partial charge in [0, 0.05) is 43.3 Å². The van der Waals surface area contributed by atoms with Crippen molar-refractivity contribution >= 4 is 41.3 Å². The van der Waals surface area contributed by atoms with Gasteiger partial charge >= 0.3 is 0 Å². The summed E-state index contributed by atoms with van der Waals surface area (Å²) in [7, 11) is 0. The molecule has 23 heavy (non-hydrogen) atoms. The molecule has 1 aliphatic rings. The first-order chi connectivity index (χ1) is 10.7. The van der Waals surface area contributed by atoms with Crippen LogP contribution in [0, 0.1) is 0 Å². The highest BCUT2D eigenvalue weighted by Gasteiger charge is 2.27. The number of piperazine rings is 1. The first-order valence-corrected chi connectivity index (χ1v) is 8.58. The van der Waals surface area contributed by atoms with Gasteiger partial charge in [0.05, 0.1) is 10.4 Å². The van der Waals surface area contributed by atoms with Gasteiger partial charge in [0.2, 0.25) is 5.91 Å². The number of carbonyl (C=O) groups is 1. The van der Waals surface area contributed by atoms with E-state index in [9.17, 15) is 4.79 Å². The number of aryl methyl sites for hydroxylation is 1. The Kier molecular flexibility index (Phi) is 6.84. The molecule has 1 N–H and O–H groups in total. The van der Waals surface area contributed by atoms with Crippen molar-refractivity contribution in [2.45, 2.75) is 18.9 Å². The zero-order valence-corrected chi connectivity index (χ0v) is 15.0. The molecular formula is C16H19Cl2N3OS. The van der Waals surface area contributed by atoms with Gasteiger partial charge in [-0.25, -0.2) is 0 Å². The maximum atomic E-state index is 12.6. The Hall–Kier alpha value is -1.14. The van der Waals surface area contributed by atoms with Crippen LogP contribution in [0.2, 0.25) is 4.34 Å². The smallest absolute Gasteiger partial charge is 0.223 e. The fourth-order valence-electron chi connectivity index (χ4n) is 2.73. The number of aromatic nitrogens is 1. The van der Waals surface area contributed by atoms with Crippen molar-refractivity contribution in [3.05, 3.63) is 51.4 Å². The zero-order chi connectivity index (χ0) is 15.4. The number of hydrogen-bond acceptors (Lipinski definition) is 4. The van der Waals surface area contributed by atoms with Gasteiger partial charge in [0.1, 0.15) is 0 Å². The zero-order valence-electron chi connectivity index (χ0n) is 12.6. The lowest BCUT2D eigenvalue weighted by atomic mass is 10.0. The highest BCUT2D eigenvalue weighted by Crippen LogP contribution is 2.25. The summed E-state index contributed by atoms with van der Waals surface area (Å²) >= 11 is 7.48. The van der Waals surface area contributed by atoms with Gasteiger partial charge in [0.25, 0.3) is 0 Å². The average molecular weight is 372 g/mol. The number of nitrogens with zero attached hydrogens (tertiary/aromatic N) is 2. The summed E-state index contributed by atoms with van der Waals surface area (Å²) in [5.74, 6) is 0.194. The molecule has 7 heteroatoms. The Morgan fingerprint density at radius 1 is 1.43 bits per heavy atom. The lowest BCUT2D eigenvalue weighted by Crippen LogP contribution is -2.48. The first-order valence-electron chi connectivity index (χ1n) is 7.38. The quantitative estimate of drug-likeness (QED) is 0.896. The summed E-state index contributed by atoms with van der Waals surface area (Å²) in [5, 5.41) is 3.36. The summed E-state index contributed by atoms with van der Waals surface area (Å²) < 4.78 is 0.776. The Labute approximate surface area is 151 Å². The van der Waals surface area contributed by atoms with Gasteiger partial charge in [0.15, 0.2) is 0 Å². The molecule has 1 atom stereocenters. The monoisotopic (exact) mass is 371 g/mol. The number of hydrogen-bond donors (Lipinski definition) is 1. The van der Waals surface area contributed by atoms with Crippen molar-refractivity contribution in [3.8, 4) is 0 Å². The lowest BCUT2D eigenvalue weighted by Gasteiger charge is -2.36. The minimum atomic E-state index is 0. The highest BCUT2D eigenvalue weighted by atomic mass is 35.5. The van der Waals surface area contributed by atoms with Crippen LogP contribution in [0.5, 0.6) is 0 Å². The molecule has 1 fully saturated rings. The summed E-state index contributed by atoms with van der Waals surface area (Å²) in [6, 6.07) is 7.90. The second-order valence-electron chi connectivity index (χ2n) is 5.30. The van der Waals surface area contributed by atoms with Gasteiger partial charge < -0.3 is 10.2 Å². The van der Waals surface area contributed by atoms with Crippen LogP contribution in [0.1, 0.15) is 22.9 Å². The van der Waals surface area contributed by atoms with E-state index in [1.54, 1.807) is 17.5 Å². The second-order valence-corrected chi connectivity index (χ2v) is 7.10. The number of halogens is 2. The number of rotatable bonds is 4. The van der Waals surface area contributed by atoms with Gasteiger partial charge in [-0.15, -0.1) is 23.7 Å². The van der Waals surface area contributed by atoms with E-state index in [0.29, 0.717) is 6.42 Å². The summed E-state index contributed by atoms with van der Waals surface area (Å²) in [4.78, 5) is 19.9. The SMILES string of the molecule is Cl.O=C(CCc1ccc(Cl)s1)N1CCNCC1c1cccnc1. The first kappa shape index (κ1) is 18.2. The standard InChI is InChI=1S/C16H18ClN3OS.ClH/c17-15-5-3-13(22-15)4-6-16(21)20-9-8-19-11-14(20)12-2-1-7-18-10-12;/h1-3,5,7,10,14,19H,4,6,8-9,11H2;1H. The van der Waals surface area contributed by atoms with Crippen LogP contribution >= 0.6 is 35.3 Å². The molecule has 124 valence electrons. The third-order valence-electron chi connectivity index (χ3n) is 3.85. The van der Waals surface area contributed by atoms with Crippen molar-refractivity contribution in [3.63, 3.8) is 0 Å². The van der Waals surface area contributed by atoms with E-state index in [1.807, 2.05) is 35.4 Å². The van der Waals surface area contributed by atoms with Crippen molar-refractivity contribution < 1.29 is 4.79 Å². The Morgan fingerprint density at radius 3 is 3.00 bits per heavy atom. The van der Waals surface area contributed by atoms with Crippen LogP contribution in [-0.2, 0) is 11.2 Å². The molecule has 1 unspecified atom stereocenters. The Bertz CT molecular complexity index is 635. The molecule has 3 rings (SSSR count). The van der Waals surface area contributed by atoms with Crippen molar-refractivity contribution in [1.29, 1.82) is 0 Å². The molecule has 0 bridgehead atoms. The van der Waals surface area contributed by atoms with E-state index in [4.69, 9.17) is 11.6 Å². The van der Waals surface area contributed by atoms with Crippen molar-refractivity contribution in [2.24, 2.45) is 0 Å². The van der Waals surface area contributed by atoms with Gasteiger partial charge in [-0.2, -0.15) is 0 Å². The molecule has 1 saturated heterocycles. The third-order valence-corrected chi connectivity index (χ3v) is 5.14. The average Bonchev–Trinajstić information content (AvgIpc) is 2.99. The molecular weight excluding hydrogens is 353 g/mol. The van der Waals surface area contributed by atoms with Crippen molar-refractivity contribution in [1.82, 2.24) is 15.2 Å². The lowest BCUT2D eigenvalue weighted by molar-refractivity contribution is -0.134. The number of thiophene rings is 1. The van der Waals surface area contributed by atoms with Gasteiger partial charge in [-0.1, -0.05) is 17.7 Å². The molecule has 2 aromatic heterocycles. The largest absolute Gasteiger partial charge is 0.333 e. The molecule has 4 nitrogen and oxygen atoms in total. The number of pyridine rings is 1. The minimum Gasteiger partial charge on any atom is -0.333 e. The van der Waals surface area contributed by atoms with Gasteiger partial charge in [-0.3, -0.25) is 9.78 Å². The highest BCUT2D eigenvalue weighted by molar-refractivity contribution is 7.16. The summed E-state index contributed by atoms with van der Waals surface area (Å²) in [6.45, 7) is 2.36.